The first kappa shape index (κ1) is 12.2. The molecule has 0 aliphatic carbocycles. The molecule has 0 saturated carbocycles. The number of amides is 1. The summed E-state index contributed by atoms with van der Waals surface area (Å²) in [5, 5.41) is 1.14. The number of hydrogen-bond acceptors (Lipinski definition) is 3. The van der Waals surface area contributed by atoms with Gasteiger partial charge in [-0.15, -0.1) is 0 Å². The molecule has 2 nitrogen and oxygen atoms in total. The van der Waals surface area contributed by atoms with Crippen LogP contribution in [0.25, 0.3) is 0 Å². The Morgan fingerprint density at radius 3 is 2.75 bits per heavy atom. The van der Waals surface area contributed by atoms with Gasteiger partial charge in [-0.25, -0.2) is 0 Å². The summed E-state index contributed by atoms with van der Waals surface area (Å²) in [7, 11) is 0. The van der Waals surface area contributed by atoms with Crippen LogP contribution in [-0.2, 0) is 11.3 Å². The van der Waals surface area contributed by atoms with Crippen molar-refractivity contribution < 1.29 is 4.79 Å². The summed E-state index contributed by atoms with van der Waals surface area (Å²) in [4.78, 5) is 13.1. The van der Waals surface area contributed by atoms with Crippen molar-refractivity contribution in [1.82, 2.24) is 4.90 Å². The van der Waals surface area contributed by atoms with E-state index in [-0.39, 0.29) is 5.91 Å². The highest BCUT2D eigenvalue weighted by atomic mass is 35.5. The Balaban J connectivity index is 2.20. The molecule has 1 fully saturated rings. The topological polar surface area (TPSA) is 20.3 Å². The van der Waals surface area contributed by atoms with Crippen molar-refractivity contribution in [3.63, 3.8) is 0 Å². The molecule has 1 aromatic carbocycles. The van der Waals surface area contributed by atoms with Crippen LogP contribution in [0.15, 0.2) is 18.2 Å². The Labute approximate surface area is 113 Å². The molecule has 0 atom stereocenters. The van der Waals surface area contributed by atoms with Crippen LogP contribution in [0.1, 0.15) is 5.56 Å². The molecule has 16 heavy (non-hydrogen) atoms. The quantitative estimate of drug-likeness (QED) is 0.780. The molecular formula is C10H7Cl2NOS2. The average molecular weight is 292 g/mol. The lowest BCUT2D eigenvalue weighted by molar-refractivity contribution is -0.124. The average Bonchev–Trinajstić information content (AvgIpc) is 2.53. The van der Waals surface area contributed by atoms with Gasteiger partial charge in [-0.2, -0.15) is 0 Å². The van der Waals surface area contributed by atoms with Crippen LogP contribution in [0.3, 0.4) is 0 Å². The van der Waals surface area contributed by atoms with Gasteiger partial charge in [0.2, 0.25) is 5.91 Å². The minimum atomic E-state index is 0.0287. The van der Waals surface area contributed by atoms with Crippen molar-refractivity contribution in [3.05, 3.63) is 33.8 Å². The maximum atomic E-state index is 11.5. The molecule has 0 N–H and O–H groups in total. The van der Waals surface area contributed by atoms with Crippen molar-refractivity contribution in [2.24, 2.45) is 0 Å². The largest absolute Gasteiger partial charge is 0.292 e. The Hall–Kier alpha value is -0.290. The first-order valence-corrected chi connectivity index (χ1v) is 6.64. The smallest absolute Gasteiger partial charge is 0.238 e. The second kappa shape index (κ2) is 4.92. The second-order valence-electron chi connectivity index (χ2n) is 3.27. The molecule has 6 heteroatoms. The van der Waals surface area contributed by atoms with E-state index in [2.05, 4.69) is 0 Å². The van der Waals surface area contributed by atoms with E-state index >= 15 is 0 Å². The zero-order valence-corrected chi connectivity index (χ0v) is 11.2. The predicted molar refractivity (Wildman–Crippen MR) is 72.1 cm³/mol. The van der Waals surface area contributed by atoms with Gasteiger partial charge in [0.05, 0.1) is 12.3 Å². The highest BCUT2D eigenvalue weighted by molar-refractivity contribution is 8.23. The van der Waals surface area contributed by atoms with Crippen LogP contribution in [-0.4, -0.2) is 20.9 Å². The number of carbonyl (C=O) groups excluding carboxylic acids is 1. The summed E-state index contributed by atoms with van der Waals surface area (Å²) in [6, 6.07) is 5.22. The number of thioether (sulfide) groups is 1. The molecule has 0 spiro atoms. The van der Waals surface area contributed by atoms with Crippen LogP contribution in [0.5, 0.6) is 0 Å². The van der Waals surface area contributed by atoms with Crippen molar-refractivity contribution in [2.45, 2.75) is 6.54 Å². The van der Waals surface area contributed by atoms with Crippen LogP contribution >= 0.6 is 47.2 Å². The number of benzene rings is 1. The van der Waals surface area contributed by atoms with E-state index in [9.17, 15) is 4.79 Å². The highest BCUT2D eigenvalue weighted by Crippen LogP contribution is 2.26. The van der Waals surface area contributed by atoms with E-state index in [1.807, 2.05) is 6.07 Å². The summed E-state index contributed by atoms with van der Waals surface area (Å²) in [5.41, 5.74) is 0.851. The number of carbonyl (C=O) groups is 1. The second-order valence-corrected chi connectivity index (χ2v) is 5.72. The maximum absolute atomic E-state index is 11.5. The van der Waals surface area contributed by atoms with Gasteiger partial charge in [-0.3, -0.25) is 9.69 Å². The number of hydrogen-bond donors (Lipinski definition) is 0. The molecule has 0 bridgehead atoms. The standard InChI is InChI=1S/C10H7Cl2NOS2/c11-7-2-1-6(8(12)3-7)4-13-9(14)5-16-10(13)15/h1-3H,4-5H2. The molecule has 1 aromatic rings. The lowest BCUT2D eigenvalue weighted by Gasteiger charge is -2.15. The molecule has 0 aromatic heterocycles. The van der Waals surface area contributed by atoms with Gasteiger partial charge in [0.15, 0.2) is 0 Å². The number of rotatable bonds is 2. The van der Waals surface area contributed by atoms with E-state index < -0.39 is 0 Å². The Morgan fingerprint density at radius 2 is 2.19 bits per heavy atom. The molecule has 1 heterocycles. The third kappa shape index (κ3) is 2.51. The fourth-order valence-corrected chi connectivity index (χ4v) is 2.89. The summed E-state index contributed by atoms with van der Waals surface area (Å²) in [6.45, 7) is 0.417. The molecule has 1 amide bonds. The van der Waals surface area contributed by atoms with Gasteiger partial charge in [-0.1, -0.05) is 53.2 Å². The highest BCUT2D eigenvalue weighted by Gasteiger charge is 2.26. The number of nitrogens with zero attached hydrogens (tertiary/aromatic N) is 1. The van der Waals surface area contributed by atoms with Crippen LogP contribution < -0.4 is 0 Å². The van der Waals surface area contributed by atoms with Gasteiger partial charge < -0.3 is 0 Å². The fraction of sp³-hybridized carbons (Fsp3) is 0.200. The molecule has 1 aliphatic rings. The Morgan fingerprint density at radius 1 is 1.44 bits per heavy atom. The fourth-order valence-electron chi connectivity index (χ4n) is 1.35. The summed E-state index contributed by atoms with van der Waals surface area (Å²) in [5.74, 6) is 0.449. The minimum absolute atomic E-state index is 0.0287. The zero-order chi connectivity index (χ0) is 11.7. The molecule has 2 rings (SSSR count). The molecule has 0 unspecified atom stereocenters. The van der Waals surface area contributed by atoms with Gasteiger partial charge in [-0.05, 0) is 17.7 Å². The maximum Gasteiger partial charge on any atom is 0.238 e. The Kier molecular flexibility index (Phi) is 3.74. The third-order valence-corrected chi connectivity index (χ3v) is 4.20. The summed E-state index contributed by atoms with van der Waals surface area (Å²) in [6.07, 6.45) is 0. The van der Waals surface area contributed by atoms with Crippen LogP contribution in [0.4, 0.5) is 0 Å². The molecule has 84 valence electrons. The molecule has 1 saturated heterocycles. The van der Waals surface area contributed by atoms with Crippen LogP contribution in [0.2, 0.25) is 10.0 Å². The van der Waals surface area contributed by atoms with Crippen molar-refractivity contribution in [2.75, 3.05) is 5.75 Å². The summed E-state index contributed by atoms with van der Waals surface area (Å²) >= 11 is 18.3. The SMILES string of the molecule is O=C1CSC(=S)N1Cc1ccc(Cl)cc1Cl. The number of halogens is 2. The number of thiocarbonyl (C=S) groups is 1. The Bertz CT molecular complexity index is 448. The van der Waals surface area contributed by atoms with Crippen LogP contribution in [0, 0.1) is 0 Å². The minimum Gasteiger partial charge on any atom is -0.292 e. The first-order chi connectivity index (χ1) is 7.58. The van der Waals surface area contributed by atoms with E-state index in [0.29, 0.717) is 26.7 Å². The lowest BCUT2D eigenvalue weighted by atomic mass is 10.2. The van der Waals surface area contributed by atoms with Crippen molar-refractivity contribution >= 4 is 57.4 Å². The predicted octanol–water partition coefficient (Wildman–Crippen LogP) is 3.35. The van der Waals surface area contributed by atoms with Gasteiger partial charge in [0, 0.05) is 10.0 Å². The third-order valence-electron chi connectivity index (χ3n) is 2.18. The van der Waals surface area contributed by atoms with E-state index in [0.717, 1.165) is 5.56 Å². The molecule has 1 aliphatic heterocycles. The van der Waals surface area contributed by atoms with Gasteiger partial charge in [0.1, 0.15) is 4.32 Å². The van der Waals surface area contributed by atoms with Crippen molar-refractivity contribution in [1.29, 1.82) is 0 Å². The van der Waals surface area contributed by atoms with Gasteiger partial charge in [0.25, 0.3) is 0 Å². The van der Waals surface area contributed by atoms with Crippen molar-refractivity contribution in [3.8, 4) is 0 Å². The summed E-state index contributed by atoms with van der Waals surface area (Å²) < 4.78 is 0.607. The molecule has 0 radical (unpaired) electrons. The lowest BCUT2D eigenvalue weighted by Crippen LogP contribution is -2.27. The zero-order valence-electron chi connectivity index (χ0n) is 8.07. The molecular weight excluding hydrogens is 285 g/mol. The van der Waals surface area contributed by atoms with Gasteiger partial charge >= 0.3 is 0 Å². The van der Waals surface area contributed by atoms with E-state index in [1.165, 1.54) is 11.8 Å². The monoisotopic (exact) mass is 291 g/mol. The van der Waals surface area contributed by atoms with E-state index in [1.54, 1.807) is 17.0 Å². The normalized spacial score (nSPS) is 16.0. The van der Waals surface area contributed by atoms with E-state index in [4.69, 9.17) is 35.4 Å². The first-order valence-electron chi connectivity index (χ1n) is 4.49.